The van der Waals surface area contributed by atoms with Crippen molar-refractivity contribution < 1.29 is 9.87 Å². The molecule has 0 saturated carbocycles. The van der Waals surface area contributed by atoms with Gasteiger partial charge in [0.05, 0.1) is 17.9 Å². The molecule has 0 fully saturated rings. The fourth-order valence-corrected chi connectivity index (χ4v) is 4.25. The summed E-state index contributed by atoms with van der Waals surface area (Å²) in [6, 6.07) is 22.2. The zero-order valence-electron chi connectivity index (χ0n) is 17.5. The van der Waals surface area contributed by atoms with Gasteiger partial charge in [-0.15, -0.1) is 5.10 Å². The molecular formula is C24H23ClFN5O. The van der Waals surface area contributed by atoms with Crippen LogP contribution in [-0.2, 0) is 0 Å². The molecule has 2 heterocycles. The lowest BCUT2D eigenvalue weighted by Gasteiger charge is -2.30. The Morgan fingerprint density at radius 2 is 1.78 bits per heavy atom. The van der Waals surface area contributed by atoms with Crippen LogP contribution in [0.25, 0.3) is 0 Å². The third-order valence-corrected chi connectivity index (χ3v) is 5.79. The molecule has 8 heteroatoms. The van der Waals surface area contributed by atoms with E-state index < -0.39 is 0 Å². The Hall–Kier alpha value is -3.42. The van der Waals surface area contributed by atoms with E-state index in [2.05, 4.69) is 17.1 Å². The first-order valence-corrected chi connectivity index (χ1v) is 10.6. The summed E-state index contributed by atoms with van der Waals surface area (Å²) >= 11 is 6.50. The molecule has 2 aliphatic rings. The van der Waals surface area contributed by atoms with Crippen LogP contribution >= 0.6 is 11.6 Å². The molecule has 0 aromatic heterocycles. The highest BCUT2D eigenvalue weighted by molar-refractivity contribution is 6.36. The zero-order chi connectivity index (χ0) is 21.4. The third kappa shape index (κ3) is 3.81. The predicted octanol–water partition coefficient (Wildman–Crippen LogP) is 4.36. The van der Waals surface area contributed by atoms with Crippen LogP contribution < -0.4 is 10.2 Å². The molecule has 0 amide bonds. The summed E-state index contributed by atoms with van der Waals surface area (Å²) in [5, 5.41) is 10.8. The van der Waals surface area contributed by atoms with Crippen molar-refractivity contribution in [2.75, 3.05) is 23.3 Å². The molecule has 2 aliphatic heterocycles. The second-order valence-corrected chi connectivity index (χ2v) is 7.76. The summed E-state index contributed by atoms with van der Waals surface area (Å²) < 4.78 is 14.4. The van der Waals surface area contributed by atoms with Gasteiger partial charge in [0.2, 0.25) is 5.96 Å². The van der Waals surface area contributed by atoms with Crippen molar-refractivity contribution in [1.29, 1.82) is 0 Å². The number of nitrogens with one attached hydrogen (secondary N) is 1. The van der Waals surface area contributed by atoms with Gasteiger partial charge in [0.15, 0.2) is 0 Å². The topological polar surface area (TPSA) is 74.7 Å². The van der Waals surface area contributed by atoms with Crippen molar-refractivity contribution in [3.05, 3.63) is 94.8 Å². The SMILES string of the molecule is CCN1N=C(Nc2ccccc2)N2c3ccc(F)cc3C(c3ccccc3Cl)=NCC12.O. The van der Waals surface area contributed by atoms with Crippen LogP contribution in [0.4, 0.5) is 15.8 Å². The number of halogens is 2. The van der Waals surface area contributed by atoms with Crippen LogP contribution in [0.2, 0.25) is 5.02 Å². The van der Waals surface area contributed by atoms with Gasteiger partial charge < -0.3 is 10.8 Å². The largest absolute Gasteiger partial charge is 0.412 e. The highest BCUT2D eigenvalue weighted by atomic mass is 35.5. The van der Waals surface area contributed by atoms with E-state index in [0.29, 0.717) is 35.3 Å². The second kappa shape index (κ2) is 8.98. The smallest absolute Gasteiger partial charge is 0.227 e. The van der Waals surface area contributed by atoms with Gasteiger partial charge in [-0.1, -0.05) is 48.0 Å². The molecule has 0 bridgehead atoms. The summed E-state index contributed by atoms with van der Waals surface area (Å²) in [7, 11) is 0. The minimum absolute atomic E-state index is 0. The highest BCUT2D eigenvalue weighted by Gasteiger charge is 2.38. The van der Waals surface area contributed by atoms with Gasteiger partial charge in [-0.25, -0.2) is 4.39 Å². The number of aliphatic imine (C=N–C) groups is 1. The Bertz CT molecular complexity index is 1180. The Morgan fingerprint density at radius 1 is 1.03 bits per heavy atom. The molecule has 3 aromatic rings. The summed E-state index contributed by atoms with van der Waals surface area (Å²) in [4.78, 5) is 7.00. The van der Waals surface area contributed by atoms with Crippen molar-refractivity contribution >= 4 is 34.6 Å². The predicted molar refractivity (Wildman–Crippen MR) is 128 cm³/mol. The lowest BCUT2D eigenvalue weighted by molar-refractivity contribution is 0.250. The van der Waals surface area contributed by atoms with Crippen LogP contribution in [-0.4, -0.2) is 41.4 Å². The molecule has 1 unspecified atom stereocenters. The maximum Gasteiger partial charge on any atom is 0.227 e. The molecule has 0 saturated heterocycles. The van der Waals surface area contributed by atoms with E-state index in [-0.39, 0.29) is 17.5 Å². The molecule has 3 aromatic carbocycles. The van der Waals surface area contributed by atoms with Gasteiger partial charge >= 0.3 is 0 Å². The molecular weight excluding hydrogens is 429 g/mol. The summed E-state index contributed by atoms with van der Waals surface area (Å²) in [5.41, 5.74) is 3.93. The first-order valence-electron chi connectivity index (χ1n) is 10.2. The van der Waals surface area contributed by atoms with Gasteiger partial charge in [0.1, 0.15) is 12.0 Å². The Labute approximate surface area is 191 Å². The molecule has 0 aliphatic carbocycles. The van der Waals surface area contributed by atoms with E-state index >= 15 is 0 Å². The number of benzene rings is 3. The van der Waals surface area contributed by atoms with Crippen molar-refractivity contribution in [2.45, 2.75) is 13.1 Å². The highest BCUT2D eigenvalue weighted by Crippen LogP contribution is 2.35. The van der Waals surface area contributed by atoms with Crippen molar-refractivity contribution in [3.8, 4) is 0 Å². The molecule has 164 valence electrons. The number of rotatable bonds is 3. The fourth-order valence-electron chi connectivity index (χ4n) is 4.03. The molecule has 3 N–H and O–H groups in total. The van der Waals surface area contributed by atoms with E-state index in [9.17, 15) is 4.39 Å². The quantitative estimate of drug-likeness (QED) is 0.643. The molecule has 5 rings (SSSR count). The van der Waals surface area contributed by atoms with Crippen molar-refractivity contribution in [2.24, 2.45) is 10.1 Å². The standard InChI is InChI=1S/C24H21ClFN5.H2O/c1-2-30-22-15-27-23(18-10-6-7-11-20(18)25)19-14-16(26)12-13-21(19)31(22)24(29-30)28-17-8-4-3-5-9-17;/h3-14,22H,2,15H2,1H3,(H,28,29);1H2. The van der Waals surface area contributed by atoms with Crippen molar-refractivity contribution in [3.63, 3.8) is 0 Å². The van der Waals surface area contributed by atoms with E-state index in [1.165, 1.54) is 12.1 Å². The first-order chi connectivity index (χ1) is 15.2. The zero-order valence-corrected chi connectivity index (χ0v) is 18.2. The number of likely N-dealkylation sites (N-methyl/N-ethyl adjacent to an activating group) is 1. The van der Waals surface area contributed by atoms with Crippen LogP contribution in [0, 0.1) is 5.82 Å². The fraction of sp³-hybridized carbons (Fsp3) is 0.167. The van der Waals surface area contributed by atoms with Gasteiger partial charge in [-0.05, 0) is 43.3 Å². The number of guanidine groups is 1. The molecule has 0 spiro atoms. The Morgan fingerprint density at radius 3 is 2.53 bits per heavy atom. The van der Waals surface area contributed by atoms with Crippen LogP contribution in [0.15, 0.2) is 82.9 Å². The van der Waals surface area contributed by atoms with E-state index in [1.54, 1.807) is 6.07 Å². The summed E-state index contributed by atoms with van der Waals surface area (Å²) in [5.74, 6) is 0.361. The van der Waals surface area contributed by atoms with E-state index in [4.69, 9.17) is 21.7 Å². The van der Waals surface area contributed by atoms with Gasteiger partial charge in [-0.3, -0.25) is 14.9 Å². The van der Waals surface area contributed by atoms with Gasteiger partial charge in [0, 0.05) is 28.4 Å². The molecule has 1 atom stereocenters. The Balaban J connectivity index is 0.00000245. The number of anilines is 2. The third-order valence-electron chi connectivity index (χ3n) is 5.46. The maximum atomic E-state index is 14.4. The van der Waals surface area contributed by atoms with Crippen LogP contribution in [0.1, 0.15) is 18.1 Å². The summed E-state index contributed by atoms with van der Waals surface area (Å²) in [6.45, 7) is 3.24. The normalized spacial score (nSPS) is 16.9. The monoisotopic (exact) mass is 451 g/mol. The van der Waals surface area contributed by atoms with E-state index in [0.717, 1.165) is 16.9 Å². The number of fused-ring (bicyclic) bond motifs is 3. The van der Waals surface area contributed by atoms with E-state index in [1.807, 2.05) is 59.6 Å². The first kappa shape index (κ1) is 21.8. The summed E-state index contributed by atoms with van der Waals surface area (Å²) in [6.07, 6.45) is -0.125. The minimum Gasteiger partial charge on any atom is -0.412 e. The molecule has 6 nitrogen and oxygen atoms in total. The second-order valence-electron chi connectivity index (χ2n) is 7.35. The van der Waals surface area contributed by atoms with Gasteiger partial charge in [0.25, 0.3) is 0 Å². The lowest BCUT2D eigenvalue weighted by atomic mass is 10.00. The minimum atomic E-state index is -0.321. The maximum absolute atomic E-state index is 14.4. The van der Waals surface area contributed by atoms with Crippen molar-refractivity contribution in [1.82, 2.24) is 5.01 Å². The average molecular weight is 452 g/mol. The number of nitrogens with zero attached hydrogens (tertiary/aromatic N) is 4. The molecule has 32 heavy (non-hydrogen) atoms. The lowest BCUT2D eigenvalue weighted by Crippen LogP contribution is -2.46. The average Bonchev–Trinajstić information content (AvgIpc) is 3.03. The number of hydrogen-bond acceptors (Lipinski definition) is 5. The van der Waals surface area contributed by atoms with Gasteiger partial charge in [-0.2, -0.15) is 0 Å². The van der Waals surface area contributed by atoms with Crippen LogP contribution in [0.5, 0.6) is 0 Å². The number of hydrogen-bond donors (Lipinski definition) is 1. The Kier molecular flexibility index (Phi) is 6.12. The van der Waals surface area contributed by atoms with Crippen LogP contribution in [0.3, 0.4) is 0 Å². The number of hydrazone groups is 1. The molecule has 0 radical (unpaired) electrons. The number of para-hydroxylation sites is 1.